The number of aromatic nitrogens is 3. The summed E-state index contributed by atoms with van der Waals surface area (Å²) in [6, 6.07) is 4.71. The molecule has 6 N–H and O–H groups in total. The molecule has 0 amide bonds. The Balaban J connectivity index is 1.86. The molecule has 1 fully saturated rings. The summed E-state index contributed by atoms with van der Waals surface area (Å²) in [6.07, 6.45) is -2.40. The van der Waals surface area contributed by atoms with Crippen LogP contribution in [0.3, 0.4) is 0 Å². The Kier molecular flexibility index (Phi) is 6.99. The maximum atomic E-state index is 12.0. The third-order valence-corrected chi connectivity index (χ3v) is 8.75. The van der Waals surface area contributed by atoms with Crippen molar-refractivity contribution in [3.05, 3.63) is 29.8 Å². The first kappa shape index (κ1) is 27.0. The molecule has 0 spiro atoms. The average Bonchev–Trinajstić information content (AvgIpc) is 3.17. The van der Waals surface area contributed by atoms with Crippen molar-refractivity contribution in [3.8, 4) is 6.07 Å². The number of phosphoric ester groups is 1. The normalized spacial score (nSPS) is 31.1. The number of fused-ring (bicyclic) bond motifs is 1. The number of ether oxygens (including phenoxy) is 1. The molecule has 2 aromatic rings. The third kappa shape index (κ3) is 5.01. The van der Waals surface area contributed by atoms with Crippen LogP contribution < -0.4 is 0 Å². The second-order valence-corrected chi connectivity index (χ2v) is 11.7. The molecule has 6 atom stereocenters. The SMILES string of the molecule is Cc1ncnn2c([C@]3(C#N)O[C@H](COP(=O)(O)OP(=O)(O)OP(=O)(O)O)[C@@H](O)[C@@]3(C)O)ccc12. The molecule has 3 rings (SSSR count). The molecule has 2 aromatic heterocycles. The first-order valence-electron chi connectivity index (χ1n) is 9.02. The Morgan fingerprint density at radius 3 is 2.44 bits per heavy atom. The lowest BCUT2D eigenvalue weighted by Crippen LogP contribution is -2.52. The van der Waals surface area contributed by atoms with Crippen molar-refractivity contribution in [2.75, 3.05) is 6.61 Å². The van der Waals surface area contributed by atoms with E-state index in [1.54, 1.807) is 13.0 Å². The minimum atomic E-state index is -5.76. The molecule has 3 heterocycles. The lowest BCUT2D eigenvalue weighted by Gasteiger charge is -2.33. The lowest BCUT2D eigenvalue weighted by molar-refractivity contribution is -0.109. The molecule has 0 radical (unpaired) electrons. The van der Waals surface area contributed by atoms with E-state index >= 15 is 0 Å². The van der Waals surface area contributed by atoms with E-state index in [1.165, 1.54) is 23.0 Å². The third-order valence-electron chi connectivity index (χ3n) is 4.95. The number of aliphatic hydroxyl groups excluding tert-OH is 1. The number of nitrogens with zero attached hydrogens (tertiary/aromatic N) is 4. The topological polar surface area (TPSA) is 263 Å². The summed E-state index contributed by atoms with van der Waals surface area (Å²) in [5, 5.41) is 35.6. The van der Waals surface area contributed by atoms with Gasteiger partial charge in [0.1, 0.15) is 30.2 Å². The van der Waals surface area contributed by atoms with Gasteiger partial charge in [0, 0.05) is 0 Å². The van der Waals surface area contributed by atoms with Crippen molar-refractivity contribution in [3.63, 3.8) is 0 Å². The highest BCUT2D eigenvalue weighted by molar-refractivity contribution is 7.66. The van der Waals surface area contributed by atoms with Crippen LogP contribution in [0.5, 0.6) is 0 Å². The largest absolute Gasteiger partial charge is 0.490 e. The molecule has 17 nitrogen and oxygen atoms in total. The van der Waals surface area contributed by atoms with Crippen molar-refractivity contribution >= 4 is 29.0 Å². The van der Waals surface area contributed by atoms with E-state index in [4.69, 9.17) is 14.5 Å². The van der Waals surface area contributed by atoms with Gasteiger partial charge in [-0.2, -0.15) is 19.0 Å². The van der Waals surface area contributed by atoms with Gasteiger partial charge in [-0.25, -0.2) is 23.2 Å². The Hall–Kier alpha value is -1.60. The van der Waals surface area contributed by atoms with E-state index in [0.717, 1.165) is 6.92 Å². The van der Waals surface area contributed by atoms with Crippen LogP contribution in [0.4, 0.5) is 0 Å². The summed E-state index contributed by atoms with van der Waals surface area (Å²) in [7, 11) is -16.9. The molecule has 0 aromatic carbocycles. The van der Waals surface area contributed by atoms with E-state index in [2.05, 4.69) is 23.2 Å². The zero-order chi connectivity index (χ0) is 25.7. The molecule has 34 heavy (non-hydrogen) atoms. The Labute approximate surface area is 190 Å². The highest BCUT2D eigenvalue weighted by Gasteiger charge is 2.65. The summed E-state index contributed by atoms with van der Waals surface area (Å²) in [5.74, 6) is 0. The lowest BCUT2D eigenvalue weighted by atomic mass is 9.80. The second kappa shape index (κ2) is 8.81. The zero-order valence-electron chi connectivity index (χ0n) is 17.3. The van der Waals surface area contributed by atoms with E-state index in [-0.39, 0.29) is 5.69 Å². The van der Waals surface area contributed by atoms with Crippen LogP contribution in [0.15, 0.2) is 18.5 Å². The predicted octanol–water partition coefficient (Wildman–Crippen LogP) is -0.389. The van der Waals surface area contributed by atoms with Crippen LogP contribution in [0.25, 0.3) is 5.52 Å². The molecule has 20 heteroatoms. The Bertz CT molecular complexity index is 1290. The van der Waals surface area contributed by atoms with Gasteiger partial charge < -0.3 is 34.5 Å². The van der Waals surface area contributed by atoms with Gasteiger partial charge in [0.05, 0.1) is 23.5 Å². The minimum absolute atomic E-state index is 0.0135. The maximum Gasteiger partial charge on any atom is 0.490 e. The smallest absolute Gasteiger partial charge is 0.387 e. The molecule has 0 bridgehead atoms. The number of nitriles is 1. The van der Waals surface area contributed by atoms with Crippen molar-refractivity contribution in [1.29, 1.82) is 5.26 Å². The maximum absolute atomic E-state index is 12.0. The predicted molar refractivity (Wildman–Crippen MR) is 106 cm³/mol. The summed E-state index contributed by atoms with van der Waals surface area (Å²) in [5.41, 5.74) is -3.64. The molecule has 1 saturated heterocycles. The van der Waals surface area contributed by atoms with Gasteiger partial charge in [0.2, 0.25) is 5.60 Å². The summed E-state index contributed by atoms with van der Waals surface area (Å²) >= 11 is 0. The van der Waals surface area contributed by atoms with Gasteiger partial charge in [-0.1, -0.05) is 0 Å². The van der Waals surface area contributed by atoms with Crippen LogP contribution >= 0.6 is 23.5 Å². The monoisotopic (exact) mass is 544 g/mol. The average molecular weight is 544 g/mol. The molecule has 1 aliphatic rings. The van der Waals surface area contributed by atoms with Gasteiger partial charge in [-0.05, 0) is 26.0 Å². The Morgan fingerprint density at radius 2 is 1.85 bits per heavy atom. The van der Waals surface area contributed by atoms with Crippen LogP contribution in [0.2, 0.25) is 0 Å². The van der Waals surface area contributed by atoms with Gasteiger partial charge in [0.15, 0.2) is 0 Å². The number of phosphoric acid groups is 3. The summed E-state index contributed by atoms with van der Waals surface area (Å²) in [6.45, 7) is 1.65. The molecular formula is C14H19N4O13P3. The minimum Gasteiger partial charge on any atom is -0.387 e. The zero-order valence-corrected chi connectivity index (χ0v) is 19.9. The van der Waals surface area contributed by atoms with Crippen molar-refractivity contribution in [2.45, 2.75) is 37.3 Å². The quantitative estimate of drug-likeness (QED) is 0.231. The van der Waals surface area contributed by atoms with E-state index < -0.39 is 53.5 Å². The van der Waals surface area contributed by atoms with Crippen LogP contribution in [-0.2, 0) is 37.2 Å². The molecule has 2 unspecified atom stereocenters. The number of aryl methyl sites for hydroxylation is 1. The number of hydrogen-bond acceptors (Lipinski definition) is 12. The molecule has 0 aliphatic carbocycles. The van der Waals surface area contributed by atoms with Gasteiger partial charge in [-0.15, -0.1) is 0 Å². The highest BCUT2D eigenvalue weighted by atomic mass is 31.3. The van der Waals surface area contributed by atoms with Crippen molar-refractivity contribution < 1.29 is 61.4 Å². The van der Waals surface area contributed by atoms with Crippen LogP contribution in [-0.4, -0.2) is 68.8 Å². The molecule has 1 aliphatic heterocycles. The van der Waals surface area contributed by atoms with Gasteiger partial charge >= 0.3 is 23.5 Å². The molecule has 0 saturated carbocycles. The van der Waals surface area contributed by atoms with Crippen LogP contribution in [0, 0.1) is 18.3 Å². The van der Waals surface area contributed by atoms with E-state index in [9.17, 15) is 39.0 Å². The van der Waals surface area contributed by atoms with Gasteiger partial charge in [0.25, 0.3) is 0 Å². The van der Waals surface area contributed by atoms with Crippen LogP contribution in [0.1, 0.15) is 18.3 Å². The fourth-order valence-corrected chi connectivity index (χ4v) is 6.45. The van der Waals surface area contributed by atoms with Gasteiger partial charge in [-0.3, -0.25) is 4.52 Å². The second-order valence-electron chi connectivity index (χ2n) is 7.29. The molecule has 188 valence electrons. The fraction of sp³-hybridized carbons (Fsp3) is 0.500. The summed E-state index contributed by atoms with van der Waals surface area (Å²) in [4.78, 5) is 40.0. The first-order chi connectivity index (χ1) is 15.4. The van der Waals surface area contributed by atoms with Crippen molar-refractivity contribution in [2.24, 2.45) is 0 Å². The standard InChI is InChI=1S/C14H19N4O13P3/c1-8-9-3-4-11(18(9)17-7-16-8)14(6-15)13(2,20)12(19)10(29-14)5-28-33(24,25)31-34(26,27)30-32(21,22)23/h3-4,7,10,12,19-20H,5H2,1-2H3,(H,24,25)(H,26,27)(H2,21,22,23)/t10-,12-,13-,14+/m1/s1. The van der Waals surface area contributed by atoms with Crippen molar-refractivity contribution in [1.82, 2.24) is 14.6 Å². The number of hydrogen-bond donors (Lipinski definition) is 6. The van der Waals surface area contributed by atoms with E-state index in [0.29, 0.717) is 11.2 Å². The molecular weight excluding hydrogens is 525 g/mol. The number of aliphatic hydroxyl groups is 2. The number of rotatable bonds is 8. The first-order valence-corrected chi connectivity index (χ1v) is 13.5. The Morgan fingerprint density at radius 1 is 1.21 bits per heavy atom. The summed E-state index contributed by atoms with van der Waals surface area (Å²) < 4.78 is 52.6. The fourth-order valence-electron chi connectivity index (χ4n) is 3.42. The highest BCUT2D eigenvalue weighted by Crippen LogP contribution is 2.66. The van der Waals surface area contributed by atoms with E-state index in [1.807, 2.05) is 0 Å².